The van der Waals surface area contributed by atoms with Crippen molar-refractivity contribution in [2.75, 3.05) is 31.2 Å². The highest BCUT2D eigenvalue weighted by atomic mass is 16.5. The number of hydrogen-bond donors (Lipinski definition) is 2. The molecule has 0 aliphatic carbocycles. The van der Waals surface area contributed by atoms with Gasteiger partial charge in [-0.15, -0.1) is 0 Å². The first-order valence-electron chi connectivity index (χ1n) is 8.15. The van der Waals surface area contributed by atoms with E-state index in [0.29, 0.717) is 26.1 Å². The van der Waals surface area contributed by atoms with Crippen LogP contribution in [-0.4, -0.2) is 43.8 Å². The molecule has 120 valence electrons. The van der Waals surface area contributed by atoms with Crippen LogP contribution >= 0.6 is 0 Å². The number of nitrogens with two attached hydrogens (primary N) is 1. The SMILES string of the molecule is NC1(C(=O)NC2CCCN(c3ccccc3)C2)CCOCC1. The van der Waals surface area contributed by atoms with Gasteiger partial charge in [0.25, 0.3) is 0 Å². The molecular formula is C17H25N3O2. The van der Waals surface area contributed by atoms with Crippen LogP contribution in [0.25, 0.3) is 0 Å². The molecule has 1 unspecified atom stereocenters. The number of anilines is 1. The molecule has 2 heterocycles. The van der Waals surface area contributed by atoms with Crippen LogP contribution in [0.3, 0.4) is 0 Å². The first-order chi connectivity index (χ1) is 10.7. The Morgan fingerprint density at radius 3 is 2.73 bits per heavy atom. The van der Waals surface area contributed by atoms with Crippen molar-refractivity contribution < 1.29 is 9.53 Å². The van der Waals surface area contributed by atoms with Gasteiger partial charge < -0.3 is 20.7 Å². The summed E-state index contributed by atoms with van der Waals surface area (Å²) < 4.78 is 5.31. The molecule has 0 spiro atoms. The summed E-state index contributed by atoms with van der Waals surface area (Å²) in [5, 5.41) is 3.17. The van der Waals surface area contributed by atoms with Gasteiger partial charge in [0.15, 0.2) is 0 Å². The number of ether oxygens (including phenoxy) is 1. The maximum Gasteiger partial charge on any atom is 0.240 e. The lowest BCUT2D eigenvalue weighted by atomic mass is 9.89. The lowest BCUT2D eigenvalue weighted by Crippen LogP contribution is -2.60. The van der Waals surface area contributed by atoms with Crippen LogP contribution in [0.5, 0.6) is 0 Å². The molecule has 2 fully saturated rings. The number of benzene rings is 1. The zero-order valence-electron chi connectivity index (χ0n) is 13.0. The molecule has 0 bridgehead atoms. The molecule has 1 aromatic carbocycles. The van der Waals surface area contributed by atoms with Crippen LogP contribution in [-0.2, 0) is 9.53 Å². The van der Waals surface area contributed by atoms with Gasteiger partial charge in [-0.2, -0.15) is 0 Å². The molecule has 5 nitrogen and oxygen atoms in total. The number of nitrogens with zero attached hydrogens (tertiary/aromatic N) is 1. The summed E-state index contributed by atoms with van der Waals surface area (Å²) in [6, 6.07) is 10.5. The molecule has 3 N–H and O–H groups in total. The van der Waals surface area contributed by atoms with Crippen molar-refractivity contribution in [1.82, 2.24) is 5.32 Å². The smallest absolute Gasteiger partial charge is 0.240 e. The van der Waals surface area contributed by atoms with E-state index in [9.17, 15) is 4.79 Å². The van der Waals surface area contributed by atoms with Crippen LogP contribution in [0.4, 0.5) is 5.69 Å². The zero-order valence-corrected chi connectivity index (χ0v) is 13.0. The summed E-state index contributed by atoms with van der Waals surface area (Å²) in [4.78, 5) is 14.9. The summed E-state index contributed by atoms with van der Waals surface area (Å²) in [7, 11) is 0. The molecule has 2 saturated heterocycles. The van der Waals surface area contributed by atoms with Gasteiger partial charge in [-0.25, -0.2) is 0 Å². The fourth-order valence-electron chi connectivity index (χ4n) is 3.26. The topological polar surface area (TPSA) is 67.6 Å². The van der Waals surface area contributed by atoms with E-state index < -0.39 is 5.54 Å². The van der Waals surface area contributed by atoms with Crippen molar-refractivity contribution in [1.29, 1.82) is 0 Å². The monoisotopic (exact) mass is 303 g/mol. The number of carbonyl (C=O) groups is 1. The van der Waals surface area contributed by atoms with Crippen LogP contribution in [0, 0.1) is 0 Å². The Balaban J connectivity index is 1.59. The number of amides is 1. The number of para-hydroxylation sites is 1. The Morgan fingerprint density at radius 1 is 1.27 bits per heavy atom. The van der Waals surface area contributed by atoms with Gasteiger partial charge in [0.05, 0.1) is 5.54 Å². The van der Waals surface area contributed by atoms with Gasteiger partial charge in [0.2, 0.25) is 5.91 Å². The minimum Gasteiger partial charge on any atom is -0.381 e. The van der Waals surface area contributed by atoms with Crippen molar-refractivity contribution >= 4 is 11.6 Å². The molecule has 1 amide bonds. The summed E-state index contributed by atoms with van der Waals surface area (Å²) in [6.45, 7) is 3.04. The average molecular weight is 303 g/mol. The third kappa shape index (κ3) is 3.42. The summed E-state index contributed by atoms with van der Waals surface area (Å²) >= 11 is 0. The molecule has 1 atom stereocenters. The lowest BCUT2D eigenvalue weighted by molar-refractivity contribution is -0.130. The second-order valence-corrected chi connectivity index (χ2v) is 6.36. The zero-order chi connectivity index (χ0) is 15.4. The second kappa shape index (κ2) is 6.67. The average Bonchev–Trinajstić information content (AvgIpc) is 2.56. The number of carbonyl (C=O) groups excluding carboxylic acids is 1. The highest BCUT2D eigenvalue weighted by molar-refractivity contribution is 5.86. The Morgan fingerprint density at radius 2 is 2.00 bits per heavy atom. The predicted octanol–water partition coefficient (Wildman–Crippen LogP) is 1.28. The highest BCUT2D eigenvalue weighted by Gasteiger charge is 2.37. The van der Waals surface area contributed by atoms with Gasteiger partial charge in [-0.3, -0.25) is 4.79 Å². The van der Waals surface area contributed by atoms with E-state index in [1.54, 1.807) is 0 Å². The number of hydrogen-bond acceptors (Lipinski definition) is 4. The first-order valence-corrected chi connectivity index (χ1v) is 8.15. The molecule has 0 saturated carbocycles. The summed E-state index contributed by atoms with van der Waals surface area (Å²) in [5.74, 6) is -0.0179. The predicted molar refractivity (Wildman–Crippen MR) is 86.8 cm³/mol. The summed E-state index contributed by atoms with van der Waals surface area (Å²) in [5.41, 5.74) is 6.72. The van der Waals surface area contributed by atoms with Crippen molar-refractivity contribution in [3.63, 3.8) is 0 Å². The second-order valence-electron chi connectivity index (χ2n) is 6.36. The van der Waals surface area contributed by atoms with Crippen LogP contribution in [0.1, 0.15) is 25.7 Å². The number of rotatable bonds is 3. The van der Waals surface area contributed by atoms with Crippen LogP contribution < -0.4 is 16.0 Å². The van der Waals surface area contributed by atoms with Gasteiger partial charge >= 0.3 is 0 Å². The molecule has 3 rings (SSSR count). The third-order valence-corrected chi connectivity index (χ3v) is 4.72. The van der Waals surface area contributed by atoms with E-state index in [2.05, 4.69) is 34.5 Å². The minimum absolute atomic E-state index is 0.0179. The molecular weight excluding hydrogens is 278 g/mol. The molecule has 1 aromatic rings. The van der Waals surface area contributed by atoms with Gasteiger partial charge in [0.1, 0.15) is 0 Å². The first kappa shape index (κ1) is 15.3. The number of piperidine rings is 1. The normalized spacial score (nSPS) is 24.8. The van der Waals surface area contributed by atoms with Crippen molar-refractivity contribution in [3.8, 4) is 0 Å². The standard InChI is InChI=1S/C17H25N3O2/c18-17(8-11-22-12-9-17)16(21)19-14-5-4-10-20(13-14)15-6-2-1-3-7-15/h1-3,6-7,14H,4-5,8-13,18H2,(H,19,21). The minimum atomic E-state index is -0.757. The Labute approximate surface area is 131 Å². The largest absolute Gasteiger partial charge is 0.381 e. The van der Waals surface area contributed by atoms with Crippen LogP contribution in [0.15, 0.2) is 30.3 Å². The Bertz CT molecular complexity index is 500. The quantitative estimate of drug-likeness (QED) is 0.883. The molecule has 22 heavy (non-hydrogen) atoms. The van der Waals surface area contributed by atoms with Crippen LogP contribution in [0.2, 0.25) is 0 Å². The molecule has 2 aliphatic rings. The van der Waals surface area contributed by atoms with E-state index in [1.165, 1.54) is 5.69 Å². The van der Waals surface area contributed by atoms with E-state index in [4.69, 9.17) is 10.5 Å². The van der Waals surface area contributed by atoms with Crippen molar-refractivity contribution in [3.05, 3.63) is 30.3 Å². The maximum atomic E-state index is 12.5. The Hall–Kier alpha value is -1.59. The molecule has 2 aliphatic heterocycles. The molecule has 0 aromatic heterocycles. The highest BCUT2D eigenvalue weighted by Crippen LogP contribution is 2.21. The van der Waals surface area contributed by atoms with Gasteiger partial charge in [-0.1, -0.05) is 18.2 Å². The summed E-state index contributed by atoms with van der Waals surface area (Å²) in [6.07, 6.45) is 3.31. The van der Waals surface area contributed by atoms with Gasteiger partial charge in [-0.05, 0) is 37.8 Å². The van der Waals surface area contributed by atoms with Crippen molar-refractivity contribution in [2.24, 2.45) is 5.73 Å². The molecule has 5 heteroatoms. The van der Waals surface area contributed by atoms with Gasteiger partial charge in [0, 0.05) is 38.0 Å². The fraction of sp³-hybridized carbons (Fsp3) is 0.588. The maximum absolute atomic E-state index is 12.5. The number of nitrogens with one attached hydrogen (secondary N) is 1. The van der Waals surface area contributed by atoms with Crippen molar-refractivity contribution in [2.45, 2.75) is 37.3 Å². The van der Waals surface area contributed by atoms with E-state index in [-0.39, 0.29) is 11.9 Å². The molecule has 0 radical (unpaired) electrons. The fourth-order valence-corrected chi connectivity index (χ4v) is 3.26. The third-order valence-electron chi connectivity index (χ3n) is 4.72. The van der Waals surface area contributed by atoms with E-state index >= 15 is 0 Å². The Kier molecular flexibility index (Phi) is 4.64. The van der Waals surface area contributed by atoms with E-state index in [1.807, 2.05) is 6.07 Å². The van der Waals surface area contributed by atoms with E-state index in [0.717, 1.165) is 25.9 Å². The lowest BCUT2D eigenvalue weighted by Gasteiger charge is -2.38.